The molecule has 0 bridgehead atoms. The van der Waals surface area contributed by atoms with Gasteiger partial charge in [0.15, 0.2) is 0 Å². The van der Waals surface area contributed by atoms with Gasteiger partial charge < -0.3 is 11.1 Å². The van der Waals surface area contributed by atoms with E-state index in [4.69, 9.17) is 5.73 Å². The number of nitrogens with one attached hydrogen (secondary N) is 1. The Labute approximate surface area is 90.6 Å². The van der Waals surface area contributed by atoms with Crippen LogP contribution in [0.25, 0.3) is 0 Å². The third-order valence-electron chi connectivity index (χ3n) is 2.88. The molecule has 0 aliphatic heterocycles. The minimum absolute atomic E-state index is 0.152. The van der Waals surface area contributed by atoms with Crippen LogP contribution in [0.2, 0.25) is 0 Å². The van der Waals surface area contributed by atoms with Crippen molar-refractivity contribution in [2.45, 2.75) is 44.9 Å². The molecule has 1 saturated carbocycles. The van der Waals surface area contributed by atoms with Crippen molar-refractivity contribution in [1.29, 1.82) is 0 Å². The van der Waals surface area contributed by atoms with Crippen molar-refractivity contribution in [2.75, 3.05) is 6.54 Å². The minimum Gasteiger partial charge on any atom is -0.370 e. The average molecular weight is 212 g/mol. The van der Waals surface area contributed by atoms with Crippen LogP contribution >= 0.6 is 0 Å². The highest BCUT2D eigenvalue weighted by atomic mass is 16.2. The zero-order valence-electron chi connectivity index (χ0n) is 9.13. The zero-order valence-corrected chi connectivity index (χ0v) is 9.13. The van der Waals surface area contributed by atoms with Crippen molar-refractivity contribution in [1.82, 2.24) is 5.32 Å². The second-order valence-electron chi connectivity index (χ2n) is 4.20. The molecule has 0 spiro atoms. The minimum atomic E-state index is -0.304. The Morgan fingerprint density at radius 2 is 1.87 bits per heavy atom. The van der Waals surface area contributed by atoms with Gasteiger partial charge in [0.25, 0.3) is 0 Å². The molecule has 3 N–H and O–H groups in total. The number of rotatable bonds is 5. The maximum atomic E-state index is 11.6. The van der Waals surface area contributed by atoms with Gasteiger partial charge in [0.05, 0.1) is 0 Å². The first kappa shape index (κ1) is 12.0. The van der Waals surface area contributed by atoms with Gasteiger partial charge in [-0.2, -0.15) is 0 Å². The molecule has 0 atom stereocenters. The number of primary amides is 1. The highest BCUT2D eigenvalue weighted by Crippen LogP contribution is 2.23. The lowest BCUT2D eigenvalue weighted by Gasteiger charge is -2.20. The van der Waals surface area contributed by atoms with Gasteiger partial charge >= 0.3 is 0 Å². The van der Waals surface area contributed by atoms with Gasteiger partial charge in [-0.3, -0.25) is 9.59 Å². The molecule has 0 aromatic rings. The van der Waals surface area contributed by atoms with Crippen LogP contribution in [-0.4, -0.2) is 18.4 Å². The summed E-state index contributed by atoms with van der Waals surface area (Å²) in [6, 6.07) is 0. The maximum absolute atomic E-state index is 11.6. The Kier molecular flexibility index (Phi) is 5.15. The molecule has 4 heteroatoms. The van der Waals surface area contributed by atoms with Crippen LogP contribution in [0.4, 0.5) is 0 Å². The largest absolute Gasteiger partial charge is 0.370 e. The van der Waals surface area contributed by atoms with Crippen LogP contribution in [0, 0.1) is 5.92 Å². The first-order chi connectivity index (χ1) is 7.20. The molecule has 2 amide bonds. The van der Waals surface area contributed by atoms with Gasteiger partial charge in [-0.1, -0.05) is 19.3 Å². The molecule has 0 saturated heterocycles. The van der Waals surface area contributed by atoms with E-state index in [1.807, 2.05) is 0 Å². The third-order valence-corrected chi connectivity index (χ3v) is 2.88. The summed E-state index contributed by atoms with van der Waals surface area (Å²) >= 11 is 0. The fourth-order valence-corrected chi connectivity index (χ4v) is 1.98. The quantitative estimate of drug-likeness (QED) is 0.666. The topological polar surface area (TPSA) is 72.2 Å². The number of carbonyl (C=O) groups is 2. The van der Waals surface area contributed by atoms with Gasteiger partial charge in [-0.25, -0.2) is 0 Å². The van der Waals surface area contributed by atoms with E-state index in [-0.39, 0.29) is 17.7 Å². The molecule has 0 heterocycles. The van der Waals surface area contributed by atoms with Gasteiger partial charge in [0, 0.05) is 18.9 Å². The first-order valence-electron chi connectivity index (χ1n) is 5.76. The molecule has 1 aliphatic carbocycles. The monoisotopic (exact) mass is 212 g/mol. The summed E-state index contributed by atoms with van der Waals surface area (Å²) in [5.74, 6) is 0.0495. The number of amides is 2. The summed E-state index contributed by atoms with van der Waals surface area (Å²) in [5.41, 5.74) is 5.00. The zero-order chi connectivity index (χ0) is 11.1. The standard InChI is InChI=1S/C11H20N2O2/c12-10(14)7-4-8-13-11(15)9-5-2-1-3-6-9/h9H,1-8H2,(H2,12,14)(H,13,15). The number of nitrogens with two attached hydrogens (primary N) is 1. The Morgan fingerprint density at radius 3 is 2.47 bits per heavy atom. The van der Waals surface area contributed by atoms with E-state index < -0.39 is 0 Å². The number of hydrogen-bond acceptors (Lipinski definition) is 2. The van der Waals surface area contributed by atoms with Gasteiger partial charge in [0.1, 0.15) is 0 Å². The fourth-order valence-electron chi connectivity index (χ4n) is 1.98. The molecule has 1 fully saturated rings. The molecule has 86 valence electrons. The van der Waals surface area contributed by atoms with Gasteiger partial charge in [0.2, 0.25) is 11.8 Å². The van der Waals surface area contributed by atoms with E-state index in [9.17, 15) is 9.59 Å². The van der Waals surface area contributed by atoms with Crippen molar-refractivity contribution in [3.63, 3.8) is 0 Å². The summed E-state index contributed by atoms with van der Waals surface area (Å²) < 4.78 is 0. The van der Waals surface area contributed by atoms with Crippen molar-refractivity contribution in [3.05, 3.63) is 0 Å². The van der Waals surface area contributed by atoms with Crippen molar-refractivity contribution >= 4 is 11.8 Å². The molecule has 1 rings (SSSR count). The van der Waals surface area contributed by atoms with Crippen molar-refractivity contribution in [2.24, 2.45) is 11.7 Å². The van der Waals surface area contributed by atoms with E-state index >= 15 is 0 Å². The summed E-state index contributed by atoms with van der Waals surface area (Å²) in [7, 11) is 0. The third kappa shape index (κ3) is 4.81. The summed E-state index contributed by atoms with van der Waals surface area (Å²) in [4.78, 5) is 22.1. The number of hydrogen-bond donors (Lipinski definition) is 2. The highest BCUT2D eigenvalue weighted by Gasteiger charge is 2.20. The molecular formula is C11H20N2O2. The summed E-state index contributed by atoms with van der Waals surface area (Å²) in [6.07, 6.45) is 6.62. The molecule has 0 unspecified atom stereocenters. The Balaban J connectivity index is 2.09. The predicted molar refractivity (Wildman–Crippen MR) is 58.0 cm³/mol. The lowest BCUT2D eigenvalue weighted by atomic mass is 9.89. The number of carbonyl (C=O) groups excluding carboxylic acids is 2. The van der Waals surface area contributed by atoms with Crippen LogP contribution in [0.5, 0.6) is 0 Å². The molecule has 4 nitrogen and oxygen atoms in total. The van der Waals surface area contributed by atoms with Crippen LogP contribution in [-0.2, 0) is 9.59 Å². The smallest absolute Gasteiger partial charge is 0.223 e. The Hall–Kier alpha value is -1.06. The van der Waals surface area contributed by atoms with Crippen LogP contribution in [0.3, 0.4) is 0 Å². The summed E-state index contributed by atoms with van der Waals surface area (Å²) in [5, 5.41) is 2.86. The molecule has 0 aromatic heterocycles. The summed E-state index contributed by atoms with van der Waals surface area (Å²) in [6.45, 7) is 0.568. The molecule has 0 aromatic carbocycles. The molecule has 1 aliphatic rings. The van der Waals surface area contributed by atoms with E-state index in [1.165, 1.54) is 19.3 Å². The van der Waals surface area contributed by atoms with Gasteiger partial charge in [-0.15, -0.1) is 0 Å². The Bertz CT molecular complexity index is 223. The van der Waals surface area contributed by atoms with Crippen molar-refractivity contribution in [3.8, 4) is 0 Å². The molecule has 0 radical (unpaired) electrons. The van der Waals surface area contributed by atoms with E-state index in [0.29, 0.717) is 19.4 Å². The second-order valence-corrected chi connectivity index (χ2v) is 4.20. The maximum Gasteiger partial charge on any atom is 0.223 e. The highest BCUT2D eigenvalue weighted by molar-refractivity contribution is 5.78. The fraction of sp³-hybridized carbons (Fsp3) is 0.818. The van der Waals surface area contributed by atoms with E-state index in [0.717, 1.165) is 12.8 Å². The molecule has 15 heavy (non-hydrogen) atoms. The Morgan fingerprint density at radius 1 is 1.20 bits per heavy atom. The SMILES string of the molecule is NC(=O)CCCNC(=O)C1CCCCC1. The van der Waals surface area contributed by atoms with Crippen molar-refractivity contribution < 1.29 is 9.59 Å². The van der Waals surface area contributed by atoms with E-state index in [1.54, 1.807) is 0 Å². The lowest BCUT2D eigenvalue weighted by molar-refractivity contribution is -0.126. The lowest BCUT2D eigenvalue weighted by Crippen LogP contribution is -2.32. The normalized spacial score (nSPS) is 17.3. The molecular weight excluding hydrogens is 192 g/mol. The van der Waals surface area contributed by atoms with E-state index in [2.05, 4.69) is 5.32 Å². The average Bonchev–Trinajstić information content (AvgIpc) is 2.25. The van der Waals surface area contributed by atoms with Gasteiger partial charge in [-0.05, 0) is 19.3 Å². The predicted octanol–water partition coefficient (Wildman–Crippen LogP) is 0.948. The van der Waals surface area contributed by atoms with Crippen LogP contribution < -0.4 is 11.1 Å². The van der Waals surface area contributed by atoms with Crippen LogP contribution in [0.15, 0.2) is 0 Å². The van der Waals surface area contributed by atoms with Crippen LogP contribution in [0.1, 0.15) is 44.9 Å². The first-order valence-corrected chi connectivity index (χ1v) is 5.76. The second kappa shape index (κ2) is 6.43.